The van der Waals surface area contributed by atoms with Gasteiger partial charge in [0.2, 0.25) is 0 Å². The number of ether oxygens (including phenoxy) is 3. The third kappa shape index (κ3) is 3.06. The molecule has 0 N–H and O–H groups in total. The van der Waals surface area contributed by atoms with Gasteiger partial charge in [-0.1, -0.05) is 28.1 Å². The van der Waals surface area contributed by atoms with Crippen molar-refractivity contribution < 1.29 is 19.0 Å². The Bertz CT molecular complexity index is 382. The first-order chi connectivity index (χ1) is 8.20. The van der Waals surface area contributed by atoms with Gasteiger partial charge in [0.15, 0.2) is 6.29 Å². The smallest absolute Gasteiger partial charge is 0.313 e. The molecule has 0 bridgehead atoms. The quantitative estimate of drug-likeness (QED) is 0.786. The van der Waals surface area contributed by atoms with Crippen LogP contribution >= 0.6 is 15.9 Å². The third-order valence-electron chi connectivity index (χ3n) is 2.57. The van der Waals surface area contributed by atoms with Gasteiger partial charge in [0.25, 0.3) is 0 Å². The molecule has 2 rings (SSSR count). The standard InChI is InChI=1S/C12H13BrO4/c1-15-11(14)9-6-16-12(17-7-9)8-2-4-10(13)5-3-8/h2-5,9,12H,6-7H2,1H3/t9-,12+. The van der Waals surface area contributed by atoms with Crippen molar-refractivity contribution in [2.75, 3.05) is 20.3 Å². The Labute approximate surface area is 108 Å². The summed E-state index contributed by atoms with van der Waals surface area (Å²) in [4.78, 5) is 11.3. The van der Waals surface area contributed by atoms with E-state index < -0.39 is 6.29 Å². The number of esters is 1. The number of benzene rings is 1. The SMILES string of the molecule is COC(=O)[C@H]1CO[C@@H](c2ccc(Br)cc2)OC1. The highest BCUT2D eigenvalue weighted by Gasteiger charge is 2.28. The average Bonchev–Trinajstić information content (AvgIpc) is 2.39. The van der Waals surface area contributed by atoms with Crippen molar-refractivity contribution in [3.05, 3.63) is 34.3 Å². The second-order valence-corrected chi connectivity index (χ2v) is 4.69. The summed E-state index contributed by atoms with van der Waals surface area (Å²) in [5, 5.41) is 0. The summed E-state index contributed by atoms with van der Waals surface area (Å²) in [6.07, 6.45) is -0.399. The molecule has 0 amide bonds. The van der Waals surface area contributed by atoms with Gasteiger partial charge in [-0.2, -0.15) is 0 Å². The molecule has 0 aliphatic carbocycles. The van der Waals surface area contributed by atoms with E-state index in [2.05, 4.69) is 20.7 Å². The van der Waals surface area contributed by atoms with Crippen LogP contribution in [0.25, 0.3) is 0 Å². The molecule has 1 aliphatic heterocycles. The van der Waals surface area contributed by atoms with E-state index in [9.17, 15) is 4.79 Å². The Kier molecular flexibility index (Phi) is 4.15. The Morgan fingerprint density at radius 2 is 1.88 bits per heavy atom. The van der Waals surface area contributed by atoms with Gasteiger partial charge in [0, 0.05) is 10.0 Å². The summed E-state index contributed by atoms with van der Waals surface area (Å²) in [5.41, 5.74) is 0.941. The molecule has 1 aliphatic rings. The minimum Gasteiger partial charge on any atom is -0.469 e. The number of methoxy groups -OCH3 is 1. The van der Waals surface area contributed by atoms with E-state index in [1.807, 2.05) is 24.3 Å². The number of hydrogen-bond donors (Lipinski definition) is 0. The lowest BCUT2D eigenvalue weighted by Crippen LogP contribution is -2.33. The van der Waals surface area contributed by atoms with E-state index in [-0.39, 0.29) is 11.9 Å². The zero-order valence-corrected chi connectivity index (χ0v) is 11.0. The van der Waals surface area contributed by atoms with Crippen LogP contribution in [-0.2, 0) is 19.0 Å². The van der Waals surface area contributed by atoms with E-state index in [4.69, 9.17) is 9.47 Å². The third-order valence-corrected chi connectivity index (χ3v) is 3.10. The van der Waals surface area contributed by atoms with E-state index in [0.29, 0.717) is 13.2 Å². The lowest BCUT2D eigenvalue weighted by atomic mass is 10.1. The minimum atomic E-state index is -0.399. The molecule has 1 aromatic carbocycles. The van der Waals surface area contributed by atoms with Gasteiger partial charge in [-0.05, 0) is 12.1 Å². The summed E-state index contributed by atoms with van der Waals surface area (Å²) in [5.74, 6) is -0.619. The lowest BCUT2D eigenvalue weighted by Gasteiger charge is -2.28. The first-order valence-corrected chi connectivity index (χ1v) is 6.06. The molecule has 0 unspecified atom stereocenters. The van der Waals surface area contributed by atoms with Crippen molar-refractivity contribution in [1.82, 2.24) is 0 Å². The van der Waals surface area contributed by atoms with Crippen molar-refractivity contribution in [2.24, 2.45) is 5.92 Å². The first-order valence-electron chi connectivity index (χ1n) is 5.27. The fraction of sp³-hybridized carbons (Fsp3) is 0.417. The van der Waals surface area contributed by atoms with Gasteiger partial charge in [-0.25, -0.2) is 0 Å². The monoisotopic (exact) mass is 300 g/mol. The van der Waals surface area contributed by atoms with E-state index in [1.54, 1.807) is 0 Å². The van der Waals surface area contributed by atoms with Crippen LogP contribution in [0.5, 0.6) is 0 Å². The summed E-state index contributed by atoms with van der Waals surface area (Å²) in [6, 6.07) is 7.70. The van der Waals surface area contributed by atoms with Crippen LogP contribution in [0.3, 0.4) is 0 Å². The van der Waals surface area contributed by atoms with Gasteiger partial charge in [-0.3, -0.25) is 4.79 Å². The molecule has 5 heteroatoms. The Morgan fingerprint density at radius 1 is 1.29 bits per heavy atom. The maximum absolute atomic E-state index is 11.3. The first kappa shape index (κ1) is 12.5. The largest absolute Gasteiger partial charge is 0.469 e. The highest BCUT2D eigenvalue weighted by atomic mass is 79.9. The Hall–Kier alpha value is -0.910. The van der Waals surface area contributed by atoms with Crippen molar-refractivity contribution in [3.8, 4) is 0 Å². The summed E-state index contributed by atoms with van der Waals surface area (Å²) in [6.45, 7) is 0.654. The van der Waals surface area contributed by atoms with Crippen molar-refractivity contribution >= 4 is 21.9 Å². The number of carbonyl (C=O) groups is 1. The Morgan fingerprint density at radius 3 is 2.41 bits per heavy atom. The number of hydrogen-bond acceptors (Lipinski definition) is 4. The zero-order chi connectivity index (χ0) is 12.3. The molecule has 0 radical (unpaired) electrons. The molecule has 1 saturated heterocycles. The van der Waals surface area contributed by atoms with Gasteiger partial charge >= 0.3 is 5.97 Å². The summed E-state index contributed by atoms with van der Waals surface area (Å²) >= 11 is 3.36. The minimum absolute atomic E-state index is 0.292. The molecule has 17 heavy (non-hydrogen) atoms. The number of halogens is 1. The maximum Gasteiger partial charge on any atom is 0.313 e. The van der Waals surface area contributed by atoms with Crippen LogP contribution in [0.1, 0.15) is 11.9 Å². The molecule has 0 atom stereocenters. The van der Waals surface area contributed by atoms with Crippen molar-refractivity contribution in [1.29, 1.82) is 0 Å². The summed E-state index contributed by atoms with van der Waals surface area (Å²) in [7, 11) is 1.36. The number of carbonyl (C=O) groups excluding carboxylic acids is 1. The summed E-state index contributed by atoms with van der Waals surface area (Å²) < 4.78 is 16.6. The van der Waals surface area contributed by atoms with Crippen LogP contribution in [-0.4, -0.2) is 26.3 Å². The molecular weight excluding hydrogens is 288 g/mol. The van der Waals surface area contributed by atoms with Crippen LogP contribution in [0, 0.1) is 5.92 Å². The Balaban J connectivity index is 1.95. The highest BCUT2D eigenvalue weighted by molar-refractivity contribution is 9.10. The predicted molar refractivity (Wildman–Crippen MR) is 64.3 cm³/mol. The van der Waals surface area contributed by atoms with Crippen LogP contribution in [0.4, 0.5) is 0 Å². The fourth-order valence-electron chi connectivity index (χ4n) is 1.62. The normalized spacial score (nSPS) is 24.4. The lowest BCUT2D eigenvalue weighted by molar-refractivity contribution is -0.212. The van der Waals surface area contributed by atoms with Crippen LogP contribution < -0.4 is 0 Å². The second kappa shape index (κ2) is 5.62. The van der Waals surface area contributed by atoms with Crippen LogP contribution in [0.2, 0.25) is 0 Å². The van der Waals surface area contributed by atoms with Gasteiger partial charge < -0.3 is 14.2 Å². The van der Waals surface area contributed by atoms with E-state index >= 15 is 0 Å². The van der Waals surface area contributed by atoms with E-state index in [0.717, 1.165) is 10.0 Å². The molecule has 1 fully saturated rings. The predicted octanol–water partition coefficient (Wildman–Crippen LogP) is 2.28. The van der Waals surface area contributed by atoms with Gasteiger partial charge in [0.05, 0.1) is 20.3 Å². The van der Waals surface area contributed by atoms with Crippen LogP contribution in [0.15, 0.2) is 28.7 Å². The molecular formula is C12H13BrO4. The topological polar surface area (TPSA) is 44.8 Å². The van der Waals surface area contributed by atoms with Gasteiger partial charge in [-0.15, -0.1) is 0 Å². The fourth-order valence-corrected chi connectivity index (χ4v) is 1.88. The molecule has 1 aromatic rings. The molecule has 0 saturated carbocycles. The van der Waals surface area contributed by atoms with Crippen molar-refractivity contribution in [3.63, 3.8) is 0 Å². The van der Waals surface area contributed by atoms with E-state index in [1.165, 1.54) is 7.11 Å². The zero-order valence-electron chi connectivity index (χ0n) is 9.39. The highest BCUT2D eigenvalue weighted by Crippen LogP contribution is 2.26. The molecule has 4 nitrogen and oxygen atoms in total. The molecule has 92 valence electrons. The second-order valence-electron chi connectivity index (χ2n) is 3.77. The average molecular weight is 301 g/mol. The van der Waals surface area contributed by atoms with Gasteiger partial charge in [0.1, 0.15) is 5.92 Å². The molecule has 0 spiro atoms. The van der Waals surface area contributed by atoms with Crippen molar-refractivity contribution in [2.45, 2.75) is 6.29 Å². The molecule has 0 aromatic heterocycles. The molecule has 1 heterocycles. The number of rotatable bonds is 2. The maximum atomic E-state index is 11.3.